The van der Waals surface area contributed by atoms with Gasteiger partial charge in [0.2, 0.25) is 0 Å². The Kier molecular flexibility index (Phi) is 21.8. The van der Waals surface area contributed by atoms with Gasteiger partial charge in [-0.15, -0.1) is 0 Å². The summed E-state index contributed by atoms with van der Waals surface area (Å²) < 4.78 is 22.5. The van der Waals surface area contributed by atoms with E-state index in [0.717, 1.165) is 0 Å². The first-order valence-corrected chi connectivity index (χ1v) is 4.71. The first-order valence-electron chi connectivity index (χ1n) is 4.71. The van der Waals surface area contributed by atoms with Crippen LogP contribution in [-0.2, 0) is 31.0 Å². The van der Waals surface area contributed by atoms with Crippen molar-refractivity contribution in [2.45, 2.75) is 19.3 Å². The molecular weight excluding hydrogens is 262 g/mol. The van der Waals surface area contributed by atoms with Crippen molar-refractivity contribution in [2.75, 3.05) is 13.1 Å². The monoisotopic (exact) mass is 275 g/mol. The summed E-state index contributed by atoms with van der Waals surface area (Å²) in [5.74, 6) is 0. The van der Waals surface area contributed by atoms with Gasteiger partial charge >= 0.3 is 33.9 Å². The van der Waals surface area contributed by atoms with Crippen LogP contribution >= 0.6 is 0 Å². The van der Waals surface area contributed by atoms with Gasteiger partial charge in [0, 0.05) is 35.9 Å². The second-order valence-corrected chi connectivity index (χ2v) is 3.00. The molecule has 0 unspecified atom stereocenters. The van der Waals surface area contributed by atoms with Crippen LogP contribution in [0.2, 0.25) is 0 Å². The molecule has 2 aliphatic rings. The second kappa shape index (κ2) is 17.4. The van der Waals surface area contributed by atoms with Gasteiger partial charge in [0.1, 0.15) is 0 Å². The van der Waals surface area contributed by atoms with E-state index in [4.69, 9.17) is 14.0 Å². The van der Waals surface area contributed by atoms with Crippen molar-refractivity contribution in [3.63, 3.8) is 0 Å². The third-order valence-corrected chi connectivity index (χ3v) is 2.26. The van der Waals surface area contributed by atoms with Crippen molar-refractivity contribution < 1.29 is 31.0 Å². The molecule has 0 spiro atoms. The zero-order valence-corrected chi connectivity index (χ0v) is 10.4. The van der Waals surface area contributed by atoms with Gasteiger partial charge in [-0.3, -0.25) is 0 Å². The second-order valence-electron chi connectivity index (χ2n) is 3.00. The molecule has 0 bridgehead atoms. The Morgan fingerprint density at radius 3 is 1.59 bits per heavy atom. The topological polar surface area (TPSA) is 62.9 Å². The average molecular weight is 275 g/mol. The van der Waals surface area contributed by atoms with E-state index in [9.17, 15) is 0 Å². The minimum absolute atomic E-state index is 0. The maximum absolute atomic E-state index is 7.50. The summed E-state index contributed by atoms with van der Waals surface area (Å²) in [7, 11) is 0. The first kappa shape index (κ1) is 21.3. The van der Waals surface area contributed by atoms with Crippen LogP contribution in [0.15, 0.2) is 23.9 Å². The van der Waals surface area contributed by atoms with Gasteiger partial charge in [-0.25, -0.2) is 0 Å². The molecule has 17 heavy (non-hydrogen) atoms. The Hall–Kier alpha value is -0.981. The molecule has 0 saturated carbocycles. The number of hydrogen-bond acceptors (Lipinski definition) is 1. The molecule has 1 heterocycles. The van der Waals surface area contributed by atoms with Gasteiger partial charge in [-0.2, -0.15) is 0 Å². The van der Waals surface area contributed by atoms with E-state index in [-0.39, 0.29) is 17.1 Å². The minimum Gasteiger partial charge on any atom is 0 e. The van der Waals surface area contributed by atoms with E-state index in [1.807, 2.05) is 0 Å². The molecule has 92 valence electrons. The Morgan fingerprint density at radius 1 is 0.882 bits per heavy atom. The number of allylic oxidation sites excluding steroid dienone is 3. The summed E-state index contributed by atoms with van der Waals surface area (Å²) >= 11 is 0. The maximum atomic E-state index is 7.50. The van der Waals surface area contributed by atoms with Crippen molar-refractivity contribution in [3.05, 3.63) is 43.9 Å². The summed E-state index contributed by atoms with van der Waals surface area (Å²) in [4.78, 5) is 2.48. The molecule has 1 aliphatic heterocycles. The third kappa shape index (κ3) is 8.79. The molecule has 5 heteroatoms. The van der Waals surface area contributed by atoms with E-state index in [1.54, 1.807) is 0 Å². The zero-order valence-electron chi connectivity index (χ0n) is 9.29. The third-order valence-electron chi connectivity index (χ3n) is 2.26. The molecule has 1 fully saturated rings. The van der Waals surface area contributed by atoms with Crippen molar-refractivity contribution in [1.82, 2.24) is 4.90 Å². The van der Waals surface area contributed by atoms with Crippen LogP contribution in [0.4, 0.5) is 0 Å². The van der Waals surface area contributed by atoms with Gasteiger partial charge in [0.25, 0.3) is 0 Å². The van der Waals surface area contributed by atoms with Gasteiger partial charge in [0.15, 0.2) is 0 Å². The van der Waals surface area contributed by atoms with Crippen molar-refractivity contribution >= 4 is 0 Å². The van der Waals surface area contributed by atoms with Crippen molar-refractivity contribution in [1.29, 1.82) is 0 Å². The summed E-state index contributed by atoms with van der Waals surface area (Å²) in [6.07, 6.45) is 10.7. The van der Waals surface area contributed by atoms with E-state index < -0.39 is 0 Å². The van der Waals surface area contributed by atoms with Gasteiger partial charge in [0.05, 0.1) is 0 Å². The molecule has 0 aromatic heterocycles. The number of likely N-dealkylation sites (tertiary alicyclic amines) is 1. The molecule has 1 aliphatic carbocycles. The standard InChI is InChI=1S/C9H13N.3CO.Fe/c1-2-7-10(8-3-1)9-5-4-6-9;3*1-2;/h4-6H,1-3,7-8H2;;;;. The molecule has 4 nitrogen and oxygen atoms in total. The number of rotatable bonds is 1. The van der Waals surface area contributed by atoms with Crippen LogP contribution in [0, 0.1) is 20.0 Å². The zero-order chi connectivity index (χ0) is 12.8. The normalized spacial score (nSPS) is 14.5. The predicted octanol–water partition coefficient (Wildman–Crippen LogP) is 1.81. The smallest absolute Gasteiger partial charge is 0 e. The van der Waals surface area contributed by atoms with Crippen LogP contribution in [0.1, 0.15) is 19.3 Å². The van der Waals surface area contributed by atoms with Crippen molar-refractivity contribution in [3.8, 4) is 0 Å². The molecule has 1 saturated heterocycles. The quantitative estimate of drug-likeness (QED) is 0.409. The van der Waals surface area contributed by atoms with Crippen LogP contribution in [0.3, 0.4) is 0 Å². The molecule has 0 aromatic rings. The van der Waals surface area contributed by atoms with Crippen LogP contribution in [0.5, 0.6) is 0 Å². The maximum Gasteiger partial charge on any atom is 0 e. The number of nitrogens with zero attached hydrogens (tertiary/aromatic N) is 1. The molecule has 0 radical (unpaired) electrons. The van der Waals surface area contributed by atoms with Gasteiger partial charge in [-0.1, -0.05) is 6.08 Å². The molecule has 0 amide bonds. The van der Waals surface area contributed by atoms with Crippen LogP contribution < -0.4 is 0 Å². The van der Waals surface area contributed by atoms with Crippen molar-refractivity contribution in [2.24, 2.45) is 0 Å². The molecule has 0 aromatic carbocycles. The fourth-order valence-corrected chi connectivity index (χ4v) is 1.55. The molecule has 0 N–H and O–H groups in total. The Bertz CT molecular complexity index is 272. The summed E-state index contributed by atoms with van der Waals surface area (Å²) in [6, 6.07) is 0. The Balaban J connectivity index is -0.000000248. The number of hydrogen-bond donors (Lipinski definition) is 0. The fraction of sp³-hybridized carbons (Fsp3) is 0.417. The minimum atomic E-state index is 0. The van der Waals surface area contributed by atoms with Gasteiger partial charge < -0.3 is 4.90 Å². The molecule has 2 rings (SSSR count). The first-order chi connectivity index (χ1) is 7.97. The van der Waals surface area contributed by atoms with Gasteiger partial charge in [-0.05, 0) is 31.4 Å². The van der Waals surface area contributed by atoms with E-state index in [2.05, 4.69) is 43.1 Å². The predicted molar refractivity (Wildman–Crippen MR) is 54.4 cm³/mol. The van der Waals surface area contributed by atoms with E-state index in [0.29, 0.717) is 0 Å². The van der Waals surface area contributed by atoms with E-state index >= 15 is 0 Å². The SMILES string of the molecule is C1=CC(N2CCCCC2)=C1.[C-]#[O+].[C-]#[O+].[C-]#[O+].[Fe]. The Morgan fingerprint density at radius 2 is 1.29 bits per heavy atom. The summed E-state index contributed by atoms with van der Waals surface area (Å²) in [6.45, 7) is 16.0. The van der Waals surface area contributed by atoms with Crippen LogP contribution in [0.25, 0.3) is 0 Å². The summed E-state index contributed by atoms with van der Waals surface area (Å²) in [5, 5.41) is 0. The molecular formula is C12H13FeNO3. The average Bonchev–Trinajstić information content (AvgIpc) is 2.36. The fourth-order valence-electron chi connectivity index (χ4n) is 1.55. The molecule has 0 atom stereocenters. The van der Waals surface area contributed by atoms with E-state index in [1.165, 1.54) is 38.0 Å². The Labute approximate surface area is 112 Å². The summed E-state index contributed by atoms with van der Waals surface area (Å²) in [5.41, 5.74) is 1.44. The number of piperidine rings is 1. The largest absolute Gasteiger partial charge is 0 e. The van der Waals surface area contributed by atoms with Crippen LogP contribution in [-0.4, -0.2) is 18.0 Å².